The third-order valence-corrected chi connectivity index (χ3v) is 4.36. The first-order valence-electron chi connectivity index (χ1n) is 7.78. The number of fused-ring (bicyclic) bond motifs is 2. The van der Waals surface area contributed by atoms with Gasteiger partial charge in [-0.05, 0) is 36.2 Å². The molecular weight excluding hydrogens is 316 g/mol. The molecule has 0 saturated heterocycles. The van der Waals surface area contributed by atoms with E-state index in [4.69, 9.17) is 5.84 Å². The summed E-state index contributed by atoms with van der Waals surface area (Å²) in [5.41, 5.74) is 7.23. The van der Waals surface area contributed by atoms with Gasteiger partial charge in [0.2, 0.25) is 0 Å². The van der Waals surface area contributed by atoms with Gasteiger partial charge in [-0.25, -0.2) is 5.84 Å². The quantitative estimate of drug-likeness (QED) is 0.333. The molecule has 2 aromatic carbocycles. The fourth-order valence-electron chi connectivity index (χ4n) is 3.07. The van der Waals surface area contributed by atoms with Crippen LogP contribution in [0.3, 0.4) is 0 Å². The van der Waals surface area contributed by atoms with Crippen molar-refractivity contribution in [1.29, 1.82) is 0 Å². The summed E-state index contributed by atoms with van der Waals surface area (Å²) < 4.78 is 1.85. The lowest BCUT2D eigenvalue weighted by molar-refractivity contribution is 0.0948. The summed E-state index contributed by atoms with van der Waals surface area (Å²) in [5.74, 6) is 4.70. The molecule has 0 atom stereocenters. The fourth-order valence-corrected chi connectivity index (χ4v) is 3.07. The van der Waals surface area contributed by atoms with Gasteiger partial charge < -0.3 is 0 Å². The number of carbonyl (C=O) groups excluding carboxylic acids is 1. The molecule has 7 nitrogen and oxygen atoms in total. The topological polar surface area (TPSA) is 98.7 Å². The molecule has 7 heteroatoms. The summed E-state index contributed by atoms with van der Waals surface area (Å²) in [6.07, 6.45) is 1.85. The lowest BCUT2D eigenvalue weighted by atomic mass is 9.96. The second-order valence-electron chi connectivity index (χ2n) is 5.94. The Morgan fingerprint density at radius 3 is 2.76 bits per heavy atom. The molecule has 0 fully saturated rings. The fraction of sp³-hybridized carbons (Fsp3) is 0.111. The second kappa shape index (κ2) is 5.64. The molecular formula is C18H16N6O. The number of hydrogen-bond donors (Lipinski definition) is 2. The van der Waals surface area contributed by atoms with E-state index in [9.17, 15) is 4.79 Å². The lowest BCUT2D eigenvalue weighted by Gasteiger charge is -2.10. The molecule has 0 aliphatic carbocycles. The Hall–Kier alpha value is -3.32. The summed E-state index contributed by atoms with van der Waals surface area (Å²) >= 11 is 0. The molecule has 1 amide bonds. The Kier molecular flexibility index (Phi) is 3.43. The molecule has 2 heterocycles. The van der Waals surface area contributed by atoms with Crippen LogP contribution in [0.5, 0.6) is 0 Å². The molecule has 0 bridgehead atoms. The van der Waals surface area contributed by atoms with Crippen molar-refractivity contribution in [1.82, 2.24) is 25.4 Å². The van der Waals surface area contributed by atoms with Gasteiger partial charge in [-0.3, -0.25) is 14.9 Å². The van der Waals surface area contributed by atoms with Crippen LogP contribution in [-0.4, -0.2) is 25.9 Å². The third-order valence-electron chi connectivity index (χ3n) is 4.36. The van der Waals surface area contributed by atoms with E-state index in [1.54, 1.807) is 6.07 Å². The normalized spacial score (nSPS) is 11.2. The highest BCUT2D eigenvalue weighted by atomic mass is 16.2. The molecule has 2 aromatic heterocycles. The number of hydrazine groups is 1. The van der Waals surface area contributed by atoms with Crippen LogP contribution in [0.4, 0.5) is 0 Å². The molecule has 4 aromatic rings. The average Bonchev–Trinajstić information content (AvgIpc) is 2.99. The van der Waals surface area contributed by atoms with Crippen LogP contribution in [0.15, 0.2) is 42.6 Å². The smallest absolute Gasteiger partial charge is 0.285 e. The van der Waals surface area contributed by atoms with E-state index in [2.05, 4.69) is 39.8 Å². The molecule has 0 radical (unpaired) electrons. The number of nitrogens with one attached hydrogen (secondary N) is 1. The zero-order chi connectivity index (χ0) is 17.6. The van der Waals surface area contributed by atoms with Crippen LogP contribution < -0.4 is 11.3 Å². The van der Waals surface area contributed by atoms with E-state index in [1.807, 2.05) is 36.1 Å². The van der Waals surface area contributed by atoms with Crippen molar-refractivity contribution in [2.45, 2.75) is 6.92 Å². The van der Waals surface area contributed by atoms with Crippen molar-refractivity contribution in [3.63, 3.8) is 0 Å². The molecule has 124 valence electrons. The molecule has 0 aliphatic heterocycles. The van der Waals surface area contributed by atoms with Gasteiger partial charge in [0.1, 0.15) is 5.52 Å². The summed E-state index contributed by atoms with van der Waals surface area (Å²) in [4.78, 5) is 11.7. The van der Waals surface area contributed by atoms with Crippen LogP contribution >= 0.6 is 0 Å². The first kappa shape index (κ1) is 15.2. The van der Waals surface area contributed by atoms with Crippen LogP contribution in [0.1, 0.15) is 16.1 Å². The van der Waals surface area contributed by atoms with Crippen molar-refractivity contribution in [2.24, 2.45) is 12.9 Å². The van der Waals surface area contributed by atoms with Crippen LogP contribution in [0.25, 0.3) is 32.9 Å². The van der Waals surface area contributed by atoms with Gasteiger partial charge in [0.15, 0.2) is 5.69 Å². The van der Waals surface area contributed by atoms with E-state index in [1.165, 1.54) is 0 Å². The van der Waals surface area contributed by atoms with Gasteiger partial charge in [0.05, 0.1) is 11.7 Å². The minimum Gasteiger partial charge on any atom is -0.289 e. The number of hydrogen-bond acceptors (Lipinski definition) is 5. The number of rotatable bonds is 2. The second-order valence-corrected chi connectivity index (χ2v) is 5.94. The maximum atomic E-state index is 11.7. The van der Waals surface area contributed by atoms with E-state index >= 15 is 0 Å². The Balaban J connectivity index is 1.95. The molecule has 3 N–H and O–H groups in total. The highest BCUT2D eigenvalue weighted by molar-refractivity contribution is 6.00. The Morgan fingerprint density at radius 2 is 1.96 bits per heavy atom. The van der Waals surface area contributed by atoms with Crippen LogP contribution in [0.2, 0.25) is 0 Å². The van der Waals surface area contributed by atoms with Crippen molar-refractivity contribution in [3.05, 3.63) is 53.9 Å². The molecule has 25 heavy (non-hydrogen) atoms. The Bertz CT molecular complexity index is 1130. The average molecular weight is 332 g/mol. The zero-order valence-electron chi connectivity index (χ0n) is 13.8. The van der Waals surface area contributed by atoms with Crippen molar-refractivity contribution in [2.75, 3.05) is 0 Å². The van der Waals surface area contributed by atoms with Crippen LogP contribution in [0, 0.1) is 6.92 Å². The Morgan fingerprint density at radius 1 is 1.12 bits per heavy atom. The molecule has 4 rings (SSSR count). The number of aromatic nitrogens is 4. The maximum Gasteiger partial charge on any atom is 0.285 e. The number of nitrogen functional groups attached to an aromatic ring is 1. The number of aryl methyl sites for hydroxylation is 2. The van der Waals surface area contributed by atoms with E-state index in [0.717, 1.165) is 38.5 Å². The van der Waals surface area contributed by atoms with Gasteiger partial charge >= 0.3 is 0 Å². The number of benzene rings is 2. The minimum absolute atomic E-state index is 0.187. The SMILES string of the molecule is Cc1cc2c(cnn2C)cc1-c1cccc2cc(C(=O)NN)nnc12. The summed E-state index contributed by atoms with van der Waals surface area (Å²) in [6, 6.07) is 11.8. The van der Waals surface area contributed by atoms with Crippen LogP contribution in [-0.2, 0) is 7.05 Å². The predicted molar refractivity (Wildman–Crippen MR) is 95.6 cm³/mol. The van der Waals surface area contributed by atoms with Crippen molar-refractivity contribution < 1.29 is 4.79 Å². The summed E-state index contributed by atoms with van der Waals surface area (Å²) in [6.45, 7) is 2.06. The first-order chi connectivity index (χ1) is 12.1. The lowest BCUT2D eigenvalue weighted by Crippen LogP contribution is -2.30. The van der Waals surface area contributed by atoms with Gasteiger partial charge in [-0.15, -0.1) is 10.2 Å². The number of nitrogens with two attached hydrogens (primary N) is 1. The summed E-state index contributed by atoms with van der Waals surface area (Å²) in [7, 11) is 1.93. The zero-order valence-corrected chi connectivity index (χ0v) is 13.8. The van der Waals surface area contributed by atoms with E-state index in [0.29, 0.717) is 0 Å². The highest BCUT2D eigenvalue weighted by Crippen LogP contribution is 2.32. The van der Waals surface area contributed by atoms with Gasteiger partial charge in [0, 0.05) is 23.4 Å². The molecule has 0 unspecified atom stereocenters. The monoisotopic (exact) mass is 332 g/mol. The standard InChI is InChI=1S/C18H16N6O/c1-10-6-16-12(9-20-24(16)2)7-14(10)13-5-3-4-11-8-15(18(25)21-19)22-23-17(11)13/h3-9H,19H2,1-2H3,(H,21,25). The Labute approximate surface area is 143 Å². The first-order valence-corrected chi connectivity index (χ1v) is 7.78. The van der Waals surface area contributed by atoms with E-state index < -0.39 is 5.91 Å². The van der Waals surface area contributed by atoms with Crippen molar-refractivity contribution >= 4 is 27.7 Å². The van der Waals surface area contributed by atoms with Gasteiger partial charge in [-0.2, -0.15) is 5.10 Å². The van der Waals surface area contributed by atoms with Gasteiger partial charge in [0.25, 0.3) is 5.91 Å². The molecule has 0 saturated carbocycles. The minimum atomic E-state index is -0.465. The number of nitrogens with zero attached hydrogens (tertiary/aromatic N) is 4. The molecule has 0 aliphatic rings. The predicted octanol–water partition coefficient (Wildman–Crippen LogP) is 2.10. The van der Waals surface area contributed by atoms with E-state index in [-0.39, 0.29) is 5.69 Å². The van der Waals surface area contributed by atoms with Gasteiger partial charge in [-0.1, -0.05) is 18.2 Å². The number of amides is 1. The summed E-state index contributed by atoms with van der Waals surface area (Å²) in [5, 5.41) is 14.5. The maximum absolute atomic E-state index is 11.7. The van der Waals surface area contributed by atoms with Crippen molar-refractivity contribution in [3.8, 4) is 11.1 Å². The highest BCUT2D eigenvalue weighted by Gasteiger charge is 2.13. The molecule has 0 spiro atoms. The third kappa shape index (κ3) is 2.41. The largest absolute Gasteiger partial charge is 0.289 e. The number of carbonyl (C=O) groups is 1.